The van der Waals surface area contributed by atoms with E-state index in [1.54, 1.807) is 24.3 Å². The fraction of sp³-hybridized carbons (Fsp3) is 0.308. The van der Waals surface area contributed by atoms with Gasteiger partial charge in [-0.2, -0.15) is 10.2 Å². The van der Waals surface area contributed by atoms with Gasteiger partial charge in [0.1, 0.15) is 0 Å². The molecule has 1 unspecified atom stereocenters. The van der Waals surface area contributed by atoms with Crippen LogP contribution in [0.2, 0.25) is 0 Å². The molecule has 20 heavy (non-hydrogen) atoms. The first-order chi connectivity index (χ1) is 9.57. The van der Waals surface area contributed by atoms with Crippen molar-refractivity contribution in [2.75, 3.05) is 11.5 Å². The predicted octanol–water partition coefficient (Wildman–Crippen LogP) is 1.51. The lowest BCUT2D eigenvalue weighted by atomic mass is 10.1. The highest BCUT2D eigenvalue weighted by Crippen LogP contribution is 2.28. The van der Waals surface area contributed by atoms with E-state index in [1.807, 2.05) is 6.07 Å². The van der Waals surface area contributed by atoms with Gasteiger partial charge in [-0.25, -0.2) is 8.42 Å². The topological polar surface area (TPSA) is 96.8 Å². The largest absolute Gasteiger partial charge is 0.334 e. The highest BCUT2D eigenvalue weighted by Gasteiger charge is 2.32. The minimum absolute atomic E-state index is 0.0736. The van der Waals surface area contributed by atoms with Gasteiger partial charge in [0, 0.05) is 11.5 Å². The van der Waals surface area contributed by atoms with Crippen molar-refractivity contribution in [1.29, 1.82) is 5.26 Å². The van der Waals surface area contributed by atoms with Crippen LogP contribution in [0.4, 0.5) is 0 Å². The zero-order valence-electron chi connectivity index (χ0n) is 10.5. The van der Waals surface area contributed by atoms with Gasteiger partial charge in [-0.15, -0.1) is 0 Å². The average Bonchev–Trinajstić information content (AvgIpc) is 3.05. The van der Waals surface area contributed by atoms with Crippen LogP contribution < -0.4 is 0 Å². The molecule has 0 aliphatic carbocycles. The van der Waals surface area contributed by atoms with Gasteiger partial charge < -0.3 is 4.52 Å². The number of nitriles is 1. The van der Waals surface area contributed by atoms with Crippen molar-refractivity contribution in [1.82, 2.24) is 10.1 Å². The second-order valence-corrected chi connectivity index (χ2v) is 6.98. The maximum Gasteiger partial charge on any atom is 0.257 e. The van der Waals surface area contributed by atoms with Crippen LogP contribution in [0.1, 0.15) is 23.7 Å². The highest BCUT2D eigenvalue weighted by molar-refractivity contribution is 7.91. The molecule has 7 heteroatoms. The molecule has 0 radical (unpaired) electrons. The Morgan fingerprint density at radius 1 is 1.40 bits per heavy atom. The first-order valence-electron chi connectivity index (χ1n) is 6.12. The van der Waals surface area contributed by atoms with E-state index >= 15 is 0 Å². The molecule has 1 aromatic carbocycles. The summed E-state index contributed by atoms with van der Waals surface area (Å²) in [7, 11) is -2.97. The van der Waals surface area contributed by atoms with Gasteiger partial charge in [0.15, 0.2) is 15.7 Å². The molecule has 1 aromatic heterocycles. The van der Waals surface area contributed by atoms with Gasteiger partial charge in [0.25, 0.3) is 5.89 Å². The third-order valence-electron chi connectivity index (χ3n) is 3.28. The van der Waals surface area contributed by atoms with Gasteiger partial charge in [-0.05, 0) is 24.6 Å². The zero-order valence-corrected chi connectivity index (χ0v) is 11.3. The normalized spacial score (nSPS) is 20.6. The molecule has 6 nitrogen and oxygen atoms in total. The predicted molar refractivity (Wildman–Crippen MR) is 70.5 cm³/mol. The summed E-state index contributed by atoms with van der Waals surface area (Å²) < 4.78 is 28.1. The molecule has 1 aliphatic rings. The van der Waals surface area contributed by atoms with Crippen molar-refractivity contribution >= 4 is 9.84 Å². The van der Waals surface area contributed by atoms with Crippen LogP contribution >= 0.6 is 0 Å². The lowest BCUT2D eigenvalue weighted by molar-refractivity contribution is 0.418. The first kappa shape index (κ1) is 12.8. The molecule has 1 fully saturated rings. The number of benzene rings is 1. The zero-order chi connectivity index (χ0) is 14.2. The van der Waals surface area contributed by atoms with Crippen LogP contribution in [0.25, 0.3) is 11.5 Å². The Balaban J connectivity index is 1.89. The molecule has 1 atom stereocenters. The number of aromatic nitrogens is 2. The number of hydrogen-bond acceptors (Lipinski definition) is 6. The molecule has 0 bridgehead atoms. The van der Waals surface area contributed by atoms with Crippen molar-refractivity contribution in [3.8, 4) is 17.5 Å². The lowest BCUT2D eigenvalue weighted by Gasteiger charge is -1.98. The van der Waals surface area contributed by atoms with Crippen LogP contribution in [0.5, 0.6) is 0 Å². The molecular weight excluding hydrogens is 278 g/mol. The van der Waals surface area contributed by atoms with Gasteiger partial charge in [0.05, 0.1) is 23.1 Å². The minimum Gasteiger partial charge on any atom is -0.334 e. The minimum atomic E-state index is -2.97. The molecule has 2 heterocycles. The Hall–Kier alpha value is -2.20. The monoisotopic (exact) mass is 289 g/mol. The highest BCUT2D eigenvalue weighted by atomic mass is 32.2. The van der Waals surface area contributed by atoms with E-state index in [2.05, 4.69) is 10.1 Å². The van der Waals surface area contributed by atoms with Gasteiger partial charge in [-0.1, -0.05) is 11.2 Å². The maximum atomic E-state index is 11.5. The van der Waals surface area contributed by atoms with E-state index in [4.69, 9.17) is 9.78 Å². The molecule has 102 valence electrons. The quantitative estimate of drug-likeness (QED) is 0.831. The maximum absolute atomic E-state index is 11.5. The van der Waals surface area contributed by atoms with Crippen LogP contribution in [0.15, 0.2) is 28.8 Å². The second kappa shape index (κ2) is 4.72. The van der Waals surface area contributed by atoms with Crippen LogP contribution in [0, 0.1) is 11.3 Å². The summed E-state index contributed by atoms with van der Waals surface area (Å²) in [5.74, 6) is 0.775. The Morgan fingerprint density at radius 3 is 2.95 bits per heavy atom. The van der Waals surface area contributed by atoms with E-state index in [9.17, 15) is 8.42 Å². The average molecular weight is 289 g/mol. The molecule has 0 saturated carbocycles. The Bertz CT molecular complexity index is 789. The van der Waals surface area contributed by atoms with Crippen molar-refractivity contribution < 1.29 is 12.9 Å². The lowest BCUT2D eigenvalue weighted by Crippen LogP contribution is -2.05. The number of nitrogens with zero attached hydrogens (tertiary/aromatic N) is 3. The summed E-state index contributed by atoms with van der Waals surface area (Å²) in [6.07, 6.45) is 0.527. The van der Waals surface area contributed by atoms with Gasteiger partial charge >= 0.3 is 0 Å². The van der Waals surface area contributed by atoms with Crippen LogP contribution in [-0.4, -0.2) is 30.1 Å². The van der Waals surface area contributed by atoms with Crippen molar-refractivity contribution in [3.05, 3.63) is 35.7 Å². The van der Waals surface area contributed by atoms with E-state index in [0.717, 1.165) is 0 Å². The first-order valence-corrected chi connectivity index (χ1v) is 7.94. The molecule has 2 aromatic rings. The van der Waals surface area contributed by atoms with Crippen molar-refractivity contribution in [2.45, 2.75) is 12.3 Å². The van der Waals surface area contributed by atoms with Crippen molar-refractivity contribution in [3.63, 3.8) is 0 Å². The summed E-state index contributed by atoms with van der Waals surface area (Å²) >= 11 is 0. The van der Waals surface area contributed by atoms with Crippen LogP contribution in [-0.2, 0) is 9.84 Å². The van der Waals surface area contributed by atoms with Crippen molar-refractivity contribution in [2.24, 2.45) is 0 Å². The Labute approximate surface area is 116 Å². The Kier molecular flexibility index (Phi) is 3.03. The summed E-state index contributed by atoms with van der Waals surface area (Å²) in [5.41, 5.74) is 1.16. The third-order valence-corrected chi connectivity index (χ3v) is 5.05. The summed E-state index contributed by atoms with van der Waals surface area (Å²) in [5, 5.41) is 12.7. The van der Waals surface area contributed by atoms with Crippen LogP contribution in [0.3, 0.4) is 0 Å². The van der Waals surface area contributed by atoms with E-state index in [-0.39, 0.29) is 17.4 Å². The second-order valence-electron chi connectivity index (χ2n) is 4.75. The van der Waals surface area contributed by atoms with E-state index in [0.29, 0.717) is 29.3 Å². The van der Waals surface area contributed by atoms with E-state index in [1.165, 1.54) is 0 Å². The standard InChI is InChI=1S/C13H11N3O3S/c14-7-9-2-1-3-10(6-9)13-15-12(16-19-13)11-4-5-20(17,18)8-11/h1-3,6,11H,4-5,8H2. The fourth-order valence-electron chi connectivity index (χ4n) is 2.24. The molecule has 0 spiro atoms. The molecule has 3 rings (SSSR count). The Morgan fingerprint density at radius 2 is 2.25 bits per heavy atom. The molecule has 0 amide bonds. The molecule has 1 saturated heterocycles. The molecule has 0 N–H and O–H groups in total. The molecule has 1 aliphatic heterocycles. The summed E-state index contributed by atoms with van der Waals surface area (Å²) in [4.78, 5) is 4.25. The number of rotatable bonds is 2. The number of sulfone groups is 1. The SMILES string of the molecule is N#Cc1cccc(-c2nc(C3CCS(=O)(=O)C3)no2)c1. The summed E-state index contributed by atoms with van der Waals surface area (Å²) in [6.45, 7) is 0. The third kappa shape index (κ3) is 2.42. The smallest absolute Gasteiger partial charge is 0.257 e. The van der Waals surface area contributed by atoms with E-state index < -0.39 is 9.84 Å². The summed E-state index contributed by atoms with van der Waals surface area (Å²) in [6, 6.07) is 8.88. The van der Waals surface area contributed by atoms with Gasteiger partial charge in [-0.3, -0.25) is 0 Å². The fourth-order valence-corrected chi connectivity index (χ4v) is 3.98. The molecular formula is C13H11N3O3S. The number of hydrogen-bond donors (Lipinski definition) is 0. The van der Waals surface area contributed by atoms with Gasteiger partial charge in [0.2, 0.25) is 0 Å².